The molecule has 3 N–H and O–H groups in total. The van der Waals surface area contributed by atoms with Crippen molar-refractivity contribution in [1.82, 2.24) is 4.90 Å². The topological polar surface area (TPSA) is 83.6 Å². The number of aliphatic hydroxyl groups excluding tert-OH is 1. The van der Waals surface area contributed by atoms with Crippen molar-refractivity contribution >= 4 is 17.9 Å². The van der Waals surface area contributed by atoms with Crippen molar-refractivity contribution in [3.8, 4) is 0 Å². The van der Waals surface area contributed by atoms with Crippen molar-refractivity contribution in [2.24, 2.45) is 5.73 Å². The number of carbonyl (C=O) groups is 2. The monoisotopic (exact) mass is 302 g/mol. The van der Waals surface area contributed by atoms with Crippen molar-refractivity contribution in [1.29, 1.82) is 0 Å². The van der Waals surface area contributed by atoms with E-state index < -0.39 is 0 Å². The lowest BCUT2D eigenvalue weighted by molar-refractivity contribution is -0.130. The number of carbonyl (C=O) groups excluding carboxylic acids is 2. The number of amides is 2. The minimum atomic E-state index is -0.371. The molecule has 1 aromatic carbocycles. The van der Waals surface area contributed by atoms with E-state index in [-0.39, 0.29) is 30.9 Å². The SMILES string of the molecule is NC(=O)CC1CCCCN1C(=O)/C=C/c1cccc(CO)c1. The Kier molecular flexibility index (Phi) is 5.72. The molecule has 22 heavy (non-hydrogen) atoms. The molecule has 1 aliphatic heterocycles. The average Bonchev–Trinajstić information content (AvgIpc) is 2.53. The largest absolute Gasteiger partial charge is 0.392 e. The molecule has 0 aliphatic carbocycles. The first-order valence-electron chi connectivity index (χ1n) is 7.57. The van der Waals surface area contributed by atoms with Gasteiger partial charge in [-0.1, -0.05) is 18.2 Å². The molecule has 118 valence electrons. The van der Waals surface area contributed by atoms with Gasteiger partial charge in [-0.05, 0) is 42.5 Å². The first kappa shape index (κ1) is 16.2. The molecule has 1 heterocycles. The van der Waals surface area contributed by atoms with Crippen molar-refractivity contribution in [3.05, 3.63) is 41.5 Å². The summed E-state index contributed by atoms with van der Waals surface area (Å²) in [5.41, 5.74) is 6.93. The minimum absolute atomic E-state index is 0.0254. The second-order valence-electron chi connectivity index (χ2n) is 5.59. The zero-order valence-corrected chi connectivity index (χ0v) is 12.6. The van der Waals surface area contributed by atoms with Gasteiger partial charge in [-0.2, -0.15) is 0 Å². The molecule has 0 radical (unpaired) electrons. The first-order chi connectivity index (χ1) is 10.6. The number of rotatable bonds is 5. The van der Waals surface area contributed by atoms with E-state index in [0.717, 1.165) is 30.4 Å². The van der Waals surface area contributed by atoms with Gasteiger partial charge in [0.05, 0.1) is 6.61 Å². The van der Waals surface area contributed by atoms with Gasteiger partial charge in [-0.25, -0.2) is 0 Å². The molecule has 1 unspecified atom stereocenters. The zero-order chi connectivity index (χ0) is 15.9. The number of piperidine rings is 1. The van der Waals surface area contributed by atoms with Gasteiger partial charge in [0, 0.05) is 25.1 Å². The van der Waals surface area contributed by atoms with Crippen molar-refractivity contribution in [2.45, 2.75) is 38.3 Å². The fourth-order valence-electron chi connectivity index (χ4n) is 2.79. The molecule has 5 heteroatoms. The normalized spacial score (nSPS) is 18.6. The molecular weight excluding hydrogens is 280 g/mol. The van der Waals surface area contributed by atoms with Crippen LogP contribution in [0.5, 0.6) is 0 Å². The van der Waals surface area contributed by atoms with Crippen LogP contribution in [0, 0.1) is 0 Å². The van der Waals surface area contributed by atoms with Crippen molar-refractivity contribution in [3.63, 3.8) is 0 Å². The predicted molar refractivity (Wildman–Crippen MR) is 84.6 cm³/mol. The summed E-state index contributed by atoms with van der Waals surface area (Å²) in [6.45, 7) is 0.639. The second-order valence-corrected chi connectivity index (χ2v) is 5.59. The highest BCUT2D eigenvalue weighted by Gasteiger charge is 2.26. The lowest BCUT2D eigenvalue weighted by Crippen LogP contribution is -2.44. The molecule has 1 aliphatic rings. The molecular formula is C17H22N2O3. The van der Waals surface area contributed by atoms with Gasteiger partial charge in [-0.15, -0.1) is 0 Å². The highest BCUT2D eigenvalue weighted by Crippen LogP contribution is 2.20. The third kappa shape index (κ3) is 4.43. The van der Waals surface area contributed by atoms with Crippen LogP contribution in [0.3, 0.4) is 0 Å². The molecule has 0 spiro atoms. The maximum absolute atomic E-state index is 12.4. The fraction of sp³-hybridized carbons (Fsp3) is 0.412. The van der Waals surface area contributed by atoms with Crippen LogP contribution in [0.25, 0.3) is 6.08 Å². The lowest BCUT2D eigenvalue weighted by Gasteiger charge is -2.34. The van der Waals surface area contributed by atoms with E-state index in [1.807, 2.05) is 24.3 Å². The van der Waals surface area contributed by atoms with Crippen LogP contribution in [-0.4, -0.2) is 34.4 Å². The maximum atomic E-state index is 12.4. The van der Waals surface area contributed by atoms with E-state index >= 15 is 0 Å². The van der Waals surface area contributed by atoms with Gasteiger partial charge in [-0.3, -0.25) is 9.59 Å². The molecule has 5 nitrogen and oxygen atoms in total. The Morgan fingerprint density at radius 3 is 2.91 bits per heavy atom. The highest BCUT2D eigenvalue weighted by atomic mass is 16.3. The molecule has 1 aromatic rings. The van der Waals surface area contributed by atoms with Crippen LogP contribution in [0.2, 0.25) is 0 Å². The van der Waals surface area contributed by atoms with E-state index in [1.54, 1.807) is 11.0 Å². The van der Waals surface area contributed by atoms with Gasteiger partial charge in [0.15, 0.2) is 0 Å². The Morgan fingerprint density at radius 1 is 1.36 bits per heavy atom. The number of aliphatic hydroxyl groups is 1. The Labute approximate surface area is 130 Å². The van der Waals surface area contributed by atoms with Gasteiger partial charge in [0.2, 0.25) is 11.8 Å². The number of hydrogen-bond acceptors (Lipinski definition) is 3. The smallest absolute Gasteiger partial charge is 0.246 e. The molecule has 1 fully saturated rings. The van der Waals surface area contributed by atoms with Crippen LogP contribution in [0.1, 0.15) is 36.8 Å². The molecule has 2 amide bonds. The summed E-state index contributed by atoms with van der Waals surface area (Å²) in [6.07, 6.45) is 6.27. The standard InChI is InChI=1S/C17H22N2O3/c18-16(21)11-15-6-1-2-9-19(15)17(22)8-7-13-4-3-5-14(10-13)12-20/h3-5,7-8,10,15,20H,1-2,6,9,11-12H2,(H2,18,21)/b8-7+. The molecule has 2 rings (SSSR count). The van der Waals surface area contributed by atoms with Gasteiger partial charge in [0.1, 0.15) is 0 Å². The lowest BCUT2D eigenvalue weighted by atomic mass is 9.99. The summed E-state index contributed by atoms with van der Waals surface area (Å²) >= 11 is 0. The number of primary amides is 1. The van der Waals surface area contributed by atoms with Gasteiger partial charge in [0.25, 0.3) is 0 Å². The second kappa shape index (κ2) is 7.75. The number of nitrogens with two attached hydrogens (primary N) is 1. The zero-order valence-electron chi connectivity index (χ0n) is 12.6. The van der Waals surface area contributed by atoms with E-state index in [1.165, 1.54) is 6.08 Å². The average molecular weight is 302 g/mol. The maximum Gasteiger partial charge on any atom is 0.246 e. The summed E-state index contributed by atoms with van der Waals surface area (Å²) in [6, 6.07) is 7.28. The van der Waals surface area contributed by atoms with Crippen LogP contribution < -0.4 is 5.73 Å². The van der Waals surface area contributed by atoms with Crippen LogP contribution >= 0.6 is 0 Å². The van der Waals surface area contributed by atoms with E-state index in [2.05, 4.69) is 0 Å². The first-order valence-corrected chi connectivity index (χ1v) is 7.57. The summed E-state index contributed by atoms with van der Waals surface area (Å²) in [5.74, 6) is -0.468. The molecule has 0 bridgehead atoms. The third-order valence-electron chi connectivity index (χ3n) is 3.90. The summed E-state index contributed by atoms with van der Waals surface area (Å²) in [7, 11) is 0. The number of hydrogen-bond donors (Lipinski definition) is 2. The van der Waals surface area contributed by atoms with Crippen LogP contribution in [0.15, 0.2) is 30.3 Å². The number of benzene rings is 1. The minimum Gasteiger partial charge on any atom is -0.392 e. The van der Waals surface area contributed by atoms with Crippen molar-refractivity contribution < 1.29 is 14.7 Å². The van der Waals surface area contributed by atoms with Crippen LogP contribution in [-0.2, 0) is 16.2 Å². The molecule has 0 saturated carbocycles. The summed E-state index contributed by atoms with van der Waals surface area (Å²) in [5, 5.41) is 9.12. The van der Waals surface area contributed by atoms with E-state index in [4.69, 9.17) is 10.8 Å². The molecule has 1 saturated heterocycles. The predicted octanol–water partition coefficient (Wildman–Crippen LogP) is 1.45. The highest BCUT2D eigenvalue weighted by molar-refractivity contribution is 5.92. The Hall–Kier alpha value is -2.14. The molecule has 0 aromatic heterocycles. The van der Waals surface area contributed by atoms with E-state index in [9.17, 15) is 9.59 Å². The number of nitrogens with zero attached hydrogens (tertiary/aromatic N) is 1. The number of likely N-dealkylation sites (tertiary alicyclic amines) is 1. The Morgan fingerprint density at radius 2 is 2.18 bits per heavy atom. The molecule has 1 atom stereocenters. The third-order valence-corrected chi connectivity index (χ3v) is 3.90. The van der Waals surface area contributed by atoms with Crippen molar-refractivity contribution in [2.75, 3.05) is 6.54 Å². The Balaban J connectivity index is 2.05. The summed E-state index contributed by atoms with van der Waals surface area (Å²) < 4.78 is 0. The fourth-order valence-corrected chi connectivity index (χ4v) is 2.79. The van der Waals surface area contributed by atoms with Crippen LogP contribution in [0.4, 0.5) is 0 Å². The van der Waals surface area contributed by atoms with E-state index in [0.29, 0.717) is 6.54 Å². The Bertz CT molecular complexity index is 569. The summed E-state index contributed by atoms with van der Waals surface area (Å²) in [4.78, 5) is 25.2. The quantitative estimate of drug-likeness (QED) is 0.807. The van der Waals surface area contributed by atoms with Gasteiger partial charge < -0.3 is 15.7 Å². The van der Waals surface area contributed by atoms with Gasteiger partial charge >= 0.3 is 0 Å².